The molecule has 0 aliphatic carbocycles. The van der Waals surface area contributed by atoms with E-state index >= 15 is 0 Å². The largest absolute Gasteiger partial charge is 0.355 e. The van der Waals surface area contributed by atoms with Crippen LogP contribution in [0.1, 0.15) is 29.4 Å². The monoisotopic (exact) mass is 340 g/mol. The maximum atomic E-state index is 4.72. The quantitative estimate of drug-likeness (QED) is 0.367. The second kappa shape index (κ2) is 5.63. The van der Waals surface area contributed by atoms with Gasteiger partial charge in [-0.25, -0.2) is 4.98 Å². The number of rotatable bonds is 1. The molecule has 0 fully saturated rings. The van der Waals surface area contributed by atoms with Gasteiger partial charge in [0.05, 0.1) is 22.4 Å². The van der Waals surface area contributed by atoms with Crippen LogP contribution in [0.4, 0.5) is 0 Å². The first-order valence-electron chi connectivity index (χ1n) is 8.97. The summed E-state index contributed by atoms with van der Waals surface area (Å²) in [6.07, 6.45) is 5.09. The van der Waals surface area contributed by atoms with Crippen molar-refractivity contribution in [2.45, 2.75) is 20.3 Å². The van der Waals surface area contributed by atoms with E-state index in [1.807, 2.05) is 0 Å². The van der Waals surface area contributed by atoms with Crippen molar-refractivity contribution in [3.8, 4) is 0 Å². The van der Waals surface area contributed by atoms with E-state index in [1.165, 1.54) is 11.1 Å². The Kier molecular flexibility index (Phi) is 3.25. The SMILES string of the molecule is CCc1cc2[nH]c1cc1nc(cc3ccc(cc4cc(C)c2[nH]4)[nH]3)C=C1. The maximum Gasteiger partial charge on any atom is 0.0658 e. The molecule has 4 nitrogen and oxygen atoms in total. The smallest absolute Gasteiger partial charge is 0.0658 e. The van der Waals surface area contributed by atoms with Crippen molar-refractivity contribution in [1.82, 2.24) is 19.9 Å². The summed E-state index contributed by atoms with van der Waals surface area (Å²) in [7, 11) is 0. The molecule has 4 heteroatoms. The molecule has 1 aliphatic heterocycles. The van der Waals surface area contributed by atoms with Crippen molar-refractivity contribution in [3.63, 3.8) is 0 Å². The first-order chi connectivity index (χ1) is 12.7. The summed E-state index contributed by atoms with van der Waals surface area (Å²) >= 11 is 0. The molecule has 0 aromatic carbocycles. The number of hydrogen-bond acceptors (Lipinski definition) is 1. The van der Waals surface area contributed by atoms with Gasteiger partial charge in [0, 0.05) is 22.1 Å². The van der Waals surface area contributed by atoms with Crippen LogP contribution in [0.15, 0.2) is 42.5 Å². The molecule has 26 heavy (non-hydrogen) atoms. The minimum Gasteiger partial charge on any atom is -0.355 e. The normalized spacial score (nSPS) is 12.2. The second-order valence-electron chi connectivity index (χ2n) is 6.86. The Bertz CT molecular complexity index is 1280. The van der Waals surface area contributed by atoms with Gasteiger partial charge in [-0.15, -0.1) is 0 Å². The molecule has 0 unspecified atom stereocenters. The molecule has 0 saturated carbocycles. The molecule has 128 valence electrons. The molecule has 0 amide bonds. The first kappa shape index (κ1) is 15.0. The van der Waals surface area contributed by atoms with E-state index in [4.69, 9.17) is 4.98 Å². The Balaban J connectivity index is 1.95. The molecule has 0 spiro atoms. The Morgan fingerprint density at radius 3 is 2.35 bits per heavy atom. The van der Waals surface area contributed by atoms with Crippen molar-refractivity contribution in [3.05, 3.63) is 65.0 Å². The lowest BCUT2D eigenvalue weighted by Gasteiger charge is -1.89. The number of aromatic nitrogens is 4. The third kappa shape index (κ3) is 2.51. The number of aryl methyl sites for hydroxylation is 2. The highest BCUT2D eigenvalue weighted by atomic mass is 14.8. The molecule has 3 N–H and O–H groups in total. The van der Waals surface area contributed by atoms with E-state index in [0.29, 0.717) is 0 Å². The molecule has 5 rings (SSSR count). The van der Waals surface area contributed by atoms with Gasteiger partial charge in [0.25, 0.3) is 0 Å². The van der Waals surface area contributed by atoms with E-state index in [-0.39, 0.29) is 0 Å². The predicted octanol–water partition coefficient (Wildman–Crippen LogP) is 5.57. The molecule has 1 aliphatic rings. The van der Waals surface area contributed by atoms with E-state index in [9.17, 15) is 0 Å². The van der Waals surface area contributed by atoms with Gasteiger partial charge in [-0.05, 0) is 79.1 Å². The van der Waals surface area contributed by atoms with Gasteiger partial charge in [0.15, 0.2) is 0 Å². The van der Waals surface area contributed by atoms with Gasteiger partial charge in [0.2, 0.25) is 0 Å². The number of H-pyrrole nitrogens is 3. The summed E-state index contributed by atoms with van der Waals surface area (Å²) in [6, 6.07) is 14.9. The van der Waals surface area contributed by atoms with Gasteiger partial charge in [-0.1, -0.05) is 6.92 Å². The van der Waals surface area contributed by atoms with Gasteiger partial charge in [-0.3, -0.25) is 0 Å². The van der Waals surface area contributed by atoms with Crippen molar-refractivity contribution in [2.75, 3.05) is 0 Å². The standard InChI is InChI=1S/C22H20N4/c1-3-14-9-21-22-13(2)8-19(25-22)11-17-5-4-15(23-17)10-16-6-7-18(24-16)12-20(14)26-21/h4-12,23,25-26H,3H2,1-2H3. The average Bonchev–Trinajstić information content (AvgIpc) is 3.37. The van der Waals surface area contributed by atoms with Crippen LogP contribution in [0.25, 0.3) is 45.3 Å². The number of nitrogens with one attached hydrogen (secondary N) is 3. The number of fused-ring (bicyclic) bond motifs is 9. The van der Waals surface area contributed by atoms with Crippen LogP contribution < -0.4 is 0 Å². The zero-order valence-corrected chi connectivity index (χ0v) is 14.9. The van der Waals surface area contributed by atoms with Crippen LogP contribution in [-0.2, 0) is 6.42 Å². The fourth-order valence-electron chi connectivity index (χ4n) is 3.64. The lowest BCUT2D eigenvalue weighted by atomic mass is 10.2. The average molecular weight is 340 g/mol. The Labute approximate surface area is 151 Å². The summed E-state index contributed by atoms with van der Waals surface area (Å²) in [6.45, 7) is 4.32. The maximum absolute atomic E-state index is 4.72. The highest BCUT2D eigenvalue weighted by Crippen LogP contribution is 2.23. The van der Waals surface area contributed by atoms with Gasteiger partial charge < -0.3 is 15.0 Å². The summed E-state index contributed by atoms with van der Waals surface area (Å²) in [5.74, 6) is 0. The highest BCUT2D eigenvalue weighted by molar-refractivity contribution is 5.86. The Morgan fingerprint density at radius 1 is 0.769 bits per heavy atom. The minimum atomic E-state index is 0.960. The number of aromatic amines is 3. The molecular weight excluding hydrogens is 320 g/mol. The molecule has 0 atom stereocenters. The predicted molar refractivity (Wildman–Crippen MR) is 109 cm³/mol. The van der Waals surface area contributed by atoms with Crippen LogP contribution in [0.3, 0.4) is 0 Å². The van der Waals surface area contributed by atoms with Crippen LogP contribution in [-0.4, -0.2) is 19.9 Å². The molecule has 4 aromatic heterocycles. The molecule has 8 bridgehead atoms. The van der Waals surface area contributed by atoms with Crippen molar-refractivity contribution in [1.29, 1.82) is 0 Å². The first-order valence-corrected chi connectivity index (χ1v) is 8.97. The zero-order valence-electron chi connectivity index (χ0n) is 14.9. The molecule has 5 heterocycles. The Morgan fingerprint density at radius 2 is 1.54 bits per heavy atom. The van der Waals surface area contributed by atoms with E-state index in [2.05, 4.69) is 83.4 Å². The zero-order chi connectivity index (χ0) is 17.7. The lowest BCUT2D eigenvalue weighted by Crippen LogP contribution is -1.77. The van der Waals surface area contributed by atoms with Crippen LogP contribution in [0.5, 0.6) is 0 Å². The fourth-order valence-corrected chi connectivity index (χ4v) is 3.64. The van der Waals surface area contributed by atoms with Gasteiger partial charge in [0.1, 0.15) is 0 Å². The molecule has 0 saturated heterocycles. The topological polar surface area (TPSA) is 60.3 Å². The van der Waals surface area contributed by atoms with Gasteiger partial charge in [-0.2, -0.15) is 0 Å². The van der Waals surface area contributed by atoms with Gasteiger partial charge >= 0.3 is 0 Å². The third-order valence-corrected chi connectivity index (χ3v) is 4.94. The highest BCUT2D eigenvalue weighted by Gasteiger charge is 2.05. The van der Waals surface area contributed by atoms with Crippen LogP contribution >= 0.6 is 0 Å². The van der Waals surface area contributed by atoms with Crippen LogP contribution in [0, 0.1) is 6.92 Å². The summed E-state index contributed by atoms with van der Waals surface area (Å²) in [5, 5.41) is 0. The van der Waals surface area contributed by atoms with Crippen molar-refractivity contribution < 1.29 is 0 Å². The van der Waals surface area contributed by atoms with Crippen LogP contribution in [0.2, 0.25) is 0 Å². The van der Waals surface area contributed by atoms with Crippen molar-refractivity contribution >= 4 is 45.3 Å². The molecular formula is C22H20N4. The Hall–Kier alpha value is -3.27. The van der Waals surface area contributed by atoms with E-state index < -0.39 is 0 Å². The van der Waals surface area contributed by atoms with E-state index in [0.717, 1.165) is 50.9 Å². The van der Waals surface area contributed by atoms with Crippen molar-refractivity contribution in [2.24, 2.45) is 0 Å². The number of nitrogens with zero attached hydrogens (tertiary/aromatic N) is 1. The minimum absolute atomic E-state index is 0.960. The fraction of sp³-hybridized carbons (Fsp3) is 0.136. The second-order valence-corrected chi connectivity index (χ2v) is 6.86. The summed E-state index contributed by atoms with van der Waals surface area (Å²) < 4.78 is 0. The molecule has 4 aromatic rings. The molecule has 0 radical (unpaired) electrons. The summed E-state index contributed by atoms with van der Waals surface area (Å²) in [4.78, 5) is 15.3. The van der Waals surface area contributed by atoms with E-state index in [1.54, 1.807) is 0 Å². The number of hydrogen-bond donors (Lipinski definition) is 3. The lowest BCUT2D eigenvalue weighted by molar-refractivity contribution is 1.16. The third-order valence-electron chi connectivity index (χ3n) is 4.94. The summed E-state index contributed by atoms with van der Waals surface area (Å²) in [5.41, 5.74) is 11.0.